The molecule has 36 heavy (non-hydrogen) atoms. The fraction of sp³-hybridized carbons (Fsp3) is 0.593. The van der Waals surface area contributed by atoms with Crippen molar-refractivity contribution in [3.8, 4) is 5.75 Å². The molecule has 0 radical (unpaired) electrons. The highest BCUT2D eigenvalue weighted by Crippen LogP contribution is 2.34. The zero-order valence-corrected chi connectivity index (χ0v) is 21.8. The van der Waals surface area contributed by atoms with Crippen LogP contribution < -0.4 is 15.4 Å². The fourth-order valence-electron chi connectivity index (χ4n) is 4.81. The summed E-state index contributed by atoms with van der Waals surface area (Å²) in [6.45, 7) is 6.94. The molecule has 1 aromatic heterocycles. The van der Waals surface area contributed by atoms with Crippen LogP contribution in [0.5, 0.6) is 5.75 Å². The van der Waals surface area contributed by atoms with Crippen LogP contribution in [-0.2, 0) is 4.74 Å². The summed E-state index contributed by atoms with van der Waals surface area (Å²) in [6, 6.07) is 7.92. The number of likely N-dealkylation sites (tertiary alicyclic amines) is 1. The Labute approximate surface area is 213 Å². The average Bonchev–Trinajstić information content (AvgIpc) is 2.85. The molecule has 0 spiro atoms. The van der Waals surface area contributed by atoms with Gasteiger partial charge in [0.1, 0.15) is 17.2 Å². The van der Waals surface area contributed by atoms with Gasteiger partial charge in [0.15, 0.2) is 0 Å². The van der Waals surface area contributed by atoms with E-state index in [2.05, 4.69) is 15.6 Å². The minimum absolute atomic E-state index is 0.213. The standard InChI is InChI=1S/C27H39N5O4/c1-27(2,3)36-26(34)32-14-12-18(13-15-32)23-17-28-25(30-20-6-5-7-22(16-20)35-4)31-24(23)29-19-8-10-21(33)11-9-19/h5-7,16-19,21,33H,8-15H2,1-4H3,(H2,28,29,30,31). The van der Waals surface area contributed by atoms with Crippen LogP contribution in [0.25, 0.3) is 0 Å². The maximum Gasteiger partial charge on any atom is 0.410 e. The van der Waals surface area contributed by atoms with Crippen LogP contribution >= 0.6 is 0 Å². The molecule has 0 atom stereocenters. The summed E-state index contributed by atoms with van der Waals surface area (Å²) in [5.74, 6) is 2.34. The second kappa shape index (κ2) is 11.3. The summed E-state index contributed by atoms with van der Waals surface area (Å²) in [6.07, 6.45) is 6.48. The van der Waals surface area contributed by atoms with Gasteiger partial charge in [0.25, 0.3) is 0 Å². The summed E-state index contributed by atoms with van der Waals surface area (Å²) in [7, 11) is 1.64. The number of nitrogens with zero attached hydrogens (tertiary/aromatic N) is 3. The second-order valence-corrected chi connectivity index (χ2v) is 10.7. The number of piperidine rings is 1. The number of methoxy groups -OCH3 is 1. The third-order valence-electron chi connectivity index (χ3n) is 6.77. The Morgan fingerprint density at radius 2 is 1.83 bits per heavy atom. The predicted octanol–water partition coefficient (Wildman–Crippen LogP) is 5.06. The number of benzene rings is 1. The summed E-state index contributed by atoms with van der Waals surface area (Å²) in [4.78, 5) is 23.8. The Hall–Kier alpha value is -3.07. The summed E-state index contributed by atoms with van der Waals surface area (Å²) >= 11 is 0. The topological polar surface area (TPSA) is 109 Å². The molecule has 1 aliphatic heterocycles. The zero-order chi connectivity index (χ0) is 25.7. The van der Waals surface area contributed by atoms with Gasteiger partial charge in [-0.1, -0.05) is 6.07 Å². The number of hydrogen-bond donors (Lipinski definition) is 3. The van der Waals surface area contributed by atoms with Crippen LogP contribution in [0.1, 0.15) is 70.8 Å². The number of ether oxygens (including phenoxy) is 2. The van der Waals surface area contributed by atoms with Crippen LogP contribution in [0.4, 0.5) is 22.2 Å². The SMILES string of the molecule is COc1cccc(Nc2ncc(C3CCN(C(=O)OC(C)(C)C)CC3)c(NC3CCC(O)CC3)n2)c1. The first-order valence-corrected chi connectivity index (χ1v) is 12.9. The van der Waals surface area contributed by atoms with Crippen LogP contribution in [0.3, 0.4) is 0 Å². The van der Waals surface area contributed by atoms with E-state index in [0.717, 1.165) is 61.3 Å². The Kier molecular flexibility index (Phi) is 8.18. The van der Waals surface area contributed by atoms with E-state index in [0.29, 0.717) is 19.0 Å². The molecule has 0 bridgehead atoms. The van der Waals surface area contributed by atoms with Crippen molar-refractivity contribution in [3.63, 3.8) is 0 Å². The third-order valence-corrected chi connectivity index (χ3v) is 6.77. The number of carbonyl (C=O) groups excluding carboxylic acids is 1. The van der Waals surface area contributed by atoms with Crippen LogP contribution in [0.15, 0.2) is 30.5 Å². The monoisotopic (exact) mass is 497 g/mol. The summed E-state index contributed by atoms with van der Waals surface area (Å²) < 4.78 is 10.9. The van der Waals surface area contributed by atoms with E-state index in [1.165, 1.54) is 0 Å². The molecular weight excluding hydrogens is 458 g/mol. The molecule has 3 N–H and O–H groups in total. The summed E-state index contributed by atoms with van der Waals surface area (Å²) in [5.41, 5.74) is 1.42. The lowest BCUT2D eigenvalue weighted by Crippen LogP contribution is -2.41. The minimum Gasteiger partial charge on any atom is -0.497 e. The Morgan fingerprint density at radius 1 is 1.11 bits per heavy atom. The molecule has 9 nitrogen and oxygen atoms in total. The lowest BCUT2D eigenvalue weighted by Gasteiger charge is -2.34. The molecule has 1 aromatic carbocycles. The number of aliphatic hydroxyl groups excluding tert-OH is 1. The van der Waals surface area contributed by atoms with Gasteiger partial charge in [0, 0.05) is 42.6 Å². The van der Waals surface area contributed by atoms with E-state index in [4.69, 9.17) is 14.5 Å². The number of carbonyl (C=O) groups is 1. The first-order valence-electron chi connectivity index (χ1n) is 12.9. The fourth-order valence-corrected chi connectivity index (χ4v) is 4.81. The first-order chi connectivity index (χ1) is 17.2. The molecule has 2 heterocycles. The minimum atomic E-state index is -0.502. The van der Waals surface area contributed by atoms with Crippen molar-refractivity contribution in [2.24, 2.45) is 0 Å². The number of anilines is 3. The van der Waals surface area contributed by atoms with Crippen molar-refractivity contribution >= 4 is 23.5 Å². The zero-order valence-electron chi connectivity index (χ0n) is 21.8. The largest absolute Gasteiger partial charge is 0.497 e. The highest BCUT2D eigenvalue weighted by atomic mass is 16.6. The Bertz CT molecular complexity index is 1030. The van der Waals surface area contributed by atoms with Gasteiger partial charge in [-0.2, -0.15) is 4.98 Å². The summed E-state index contributed by atoms with van der Waals surface area (Å²) in [5, 5.41) is 16.9. The van der Waals surface area contributed by atoms with Gasteiger partial charge in [-0.05, 0) is 77.3 Å². The van der Waals surface area contributed by atoms with E-state index in [9.17, 15) is 9.90 Å². The molecule has 9 heteroatoms. The third kappa shape index (κ3) is 7.00. The van der Waals surface area contributed by atoms with Crippen LogP contribution in [0, 0.1) is 0 Å². The Balaban J connectivity index is 1.50. The molecule has 4 rings (SSSR count). The average molecular weight is 498 g/mol. The van der Waals surface area contributed by atoms with Gasteiger partial charge < -0.3 is 30.1 Å². The highest BCUT2D eigenvalue weighted by molar-refractivity contribution is 5.68. The molecule has 2 fully saturated rings. The Morgan fingerprint density at radius 3 is 2.50 bits per heavy atom. The van der Waals surface area contributed by atoms with E-state index >= 15 is 0 Å². The maximum atomic E-state index is 12.5. The number of hydrogen-bond acceptors (Lipinski definition) is 8. The van der Waals surface area contributed by atoms with Crippen molar-refractivity contribution < 1.29 is 19.4 Å². The highest BCUT2D eigenvalue weighted by Gasteiger charge is 2.30. The molecular formula is C27H39N5O4. The number of nitrogens with one attached hydrogen (secondary N) is 2. The molecule has 1 saturated carbocycles. The molecule has 1 aliphatic carbocycles. The van der Waals surface area contributed by atoms with Gasteiger partial charge in [-0.15, -0.1) is 0 Å². The number of aromatic nitrogens is 2. The molecule has 1 amide bonds. The maximum absolute atomic E-state index is 12.5. The van der Waals surface area contributed by atoms with E-state index in [1.54, 1.807) is 12.0 Å². The number of rotatable bonds is 6. The van der Waals surface area contributed by atoms with Gasteiger partial charge in [0.2, 0.25) is 5.95 Å². The van der Waals surface area contributed by atoms with Crippen LogP contribution in [-0.4, -0.2) is 64.0 Å². The van der Waals surface area contributed by atoms with E-state index in [-0.39, 0.29) is 24.2 Å². The lowest BCUT2D eigenvalue weighted by atomic mass is 9.89. The van der Waals surface area contributed by atoms with Crippen molar-refractivity contribution in [2.75, 3.05) is 30.8 Å². The molecule has 196 valence electrons. The van der Waals surface area contributed by atoms with Gasteiger partial charge in [0.05, 0.1) is 13.2 Å². The van der Waals surface area contributed by atoms with Gasteiger partial charge in [-0.3, -0.25) is 0 Å². The van der Waals surface area contributed by atoms with Gasteiger partial charge in [-0.25, -0.2) is 9.78 Å². The first kappa shape index (κ1) is 26.0. The van der Waals surface area contributed by atoms with Crippen molar-refractivity contribution in [1.29, 1.82) is 0 Å². The quantitative estimate of drug-likeness (QED) is 0.508. The van der Waals surface area contributed by atoms with E-state index < -0.39 is 5.60 Å². The van der Waals surface area contributed by atoms with Crippen LogP contribution in [0.2, 0.25) is 0 Å². The van der Waals surface area contributed by atoms with E-state index in [1.807, 2.05) is 51.2 Å². The lowest BCUT2D eigenvalue weighted by molar-refractivity contribution is 0.0205. The van der Waals surface area contributed by atoms with Gasteiger partial charge >= 0.3 is 6.09 Å². The normalized spacial score (nSPS) is 21.1. The molecule has 0 unspecified atom stereocenters. The smallest absolute Gasteiger partial charge is 0.410 e. The molecule has 1 saturated heterocycles. The number of amides is 1. The van der Waals surface area contributed by atoms with Crippen molar-refractivity contribution in [3.05, 3.63) is 36.0 Å². The molecule has 2 aromatic rings. The number of aliphatic hydroxyl groups is 1. The predicted molar refractivity (Wildman–Crippen MR) is 140 cm³/mol. The van der Waals surface area contributed by atoms with Crippen molar-refractivity contribution in [1.82, 2.24) is 14.9 Å². The molecule has 2 aliphatic rings. The van der Waals surface area contributed by atoms with Crippen molar-refractivity contribution in [2.45, 2.75) is 83.0 Å². The second-order valence-electron chi connectivity index (χ2n) is 10.7.